The Kier molecular flexibility index (Phi) is 4.36. The van der Waals surface area contributed by atoms with E-state index in [0.717, 1.165) is 16.7 Å². The molecule has 8 nitrogen and oxygen atoms in total. The number of fused-ring (bicyclic) bond motifs is 4. The molecule has 1 saturated heterocycles. The maximum Gasteiger partial charge on any atom is 0.346 e. The lowest BCUT2D eigenvalue weighted by Crippen LogP contribution is -2.49. The fourth-order valence-electron chi connectivity index (χ4n) is 4.39. The molecule has 160 valence electrons. The summed E-state index contributed by atoms with van der Waals surface area (Å²) in [6, 6.07) is 16.0. The van der Waals surface area contributed by atoms with E-state index in [4.69, 9.17) is 4.98 Å². The Labute approximate surface area is 182 Å². The molecule has 6 rings (SSSR count). The van der Waals surface area contributed by atoms with E-state index in [1.807, 2.05) is 47.0 Å². The van der Waals surface area contributed by atoms with Crippen LogP contribution in [0.15, 0.2) is 60.8 Å². The number of carbonyl (C=O) groups excluding carboxylic acids is 1. The van der Waals surface area contributed by atoms with E-state index in [0.29, 0.717) is 49.3 Å². The van der Waals surface area contributed by atoms with Crippen LogP contribution in [0.5, 0.6) is 0 Å². The van der Waals surface area contributed by atoms with Gasteiger partial charge in [0.05, 0.1) is 27.8 Å². The lowest BCUT2D eigenvalue weighted by Gasteiger charge is -2.34. The van der Waals surface area contributed by atoms with Crippen LogP contribution in [0.4, 0.5) is 9.18 Å². The van der Waals surface area contributed by atoms with Crippen LogP contribution in [0.2, 0.25) is 0 Å². The molecule has 32 heavy (non-hydrogen) atoms. The lowest BCUT2D eigenvalue weighted by molar-refractivity contribution is 0.134. The number of rotatable bonds is 2. The second-order valence-corrected chi connectivity index (χ2v) is 7.99. The SMILES string of the molecule is O=C(N1CCN(Cc2nc3cc(F)ccc3n3cccc23)CC1)n1nnc2ccccc21. The molecule has 0 radical (unpaired) electrons. The average Bonchev–Trinajstić information content (AvgIpc) is 3.47. The zero-order valence-electron chi connectivity index (χ0n) is 17.2. The molecule has 9 heteroatoms. The maximum absolute atomic E-state index is 13.8. The Bertz CT molecular complexity index is 1470. The fourth-order valence-corrected chi connectivity index (χ4v) is 4.39. The van der Waals surface area contributed by atoms with Gasteiger partial charge in [0, 0.05) is 45.0 Å². The summed E-state index contributed by atoms with van der Waals surface area (Å²) in [5, 5.41) is 8.12. The van der Waals surface area contributed by atoms with Gasteiger partial charge in [-0.25, -0.2) is 14.2 Å². The largest absolute Gasteiger partial charge is 0.346 e. The quantitative estimate of drug-likeness (QED) is 0.431. The number of hydrogen-bond acceptors (Lipinski definition) is 5. The normalized spacial score (nSPS) is 15.2. The van der Waals surface area contributed by atoms with E-state index in [9.17, 15) is 9.18 Å². The molecule has 1 amide bonds. The van der Waals surface area contributed by atoms with Crippen LogP contribution in [-0.2, 0) is 6.54 Å². The van der Waals surface area contributed by atoms with Crippen molar-refractivity contribution in [2.45, 2.75) is 6.54 Å². The third-order valence-electron chi connectivity index (χ3n) is 6.05. The Balaban J connectivity index is 1.21. The molecule has 1 aliphatic rings. The standard InChI is InChI=1S/C23H20FN7O/c24-16-7-8-21-18(14-16)25-19(20-6-3-9-30(20)21)15-28-10-12-29(13-11-28)23(32)31-22-5-2-1-4-17(22)26-27-31/h1-9,14H,10-13,15H2. The van der Waals surface area contributed by atoms with Gasteiger partial charge >= 0.3 is 6.03 Å². The minimum atomic E-state index is -0.296. The third-order valence-corrected chi connectivity index (χ3v) is 6.05. The van der Waals surface area contributed by atoms with Crippen LogP contribution in [0.3, 0.4) is 0 Å². The number of hydrogen-bond donors (Lipinski definition) is 0. The van der Waals surface area contributed by atoms with Gasteiger partial charge in [0.25, 0.3) is 0 Å². The minimum absolute atomic E-state index is 0.161. The number of nitrogens with zero attached hydrogens (tertiary/aromatic N) is 7. The van der Waals surface area contributed by atoms with Gasteiger partial charge in [-0.1, -0.05) is 17.3 Å². The van der Waals surface area contributed by atoms with Crippen LogP contribution >= 0.6 is 0 Å². The predicted octanol–water partition coefficient (Wildman–Crippen LogP) is 3.16. The Morgan fingerprint density at radius 3 is 2.59 bits per heavy atom. The highest BCUT2D eigenvalue weighted by Gasteiger charge is 2.25. The van der Waals surface area contributed by atoms with Crippen molar-refractivity contribution in [3.63, 3.8) is 0 Å². The molecule has 4 heterocycles. The summed E-state index contributed by atoms with van der Waals surface area (Å²) in [6.07, 6.45) is 1.97. The molecule has 0 unspecified atom stereocenters. The summed E-state index contributed by atoms with van der Waals surface area (Å²) in [4.78, 5) is 21.8. The van der Waals surface area contributed by atoms with Crippen molar-refractivity contribution in [3.05, 3.63) is 72.3 Å². The van der Waals surface area contributed by atoms with E-state index in [1.54, 1.807) is 11.0 Å². The summed E-state index contributed by atoms with van der Waals surface area (Å²) < 4.78 is 17.2. The molecular weight excluding hydrogens is 409 g/mol. The smallest absolute Gasteiger partial charge is 0.320 e. The lowest BCUT2D eigenvalue weighted by atomic mass is 10.2. The fraction of sp³-hybridized carbons (Fsp3) is 0.217. The highest BCUT2D eigenvalue weighted by Crippen LogP contribution is 2.22. The number of halogens is 1. The van der Waals surface area contributed by atoms with E-state index in [-0.39, 0.29) is 11.8 Å². The van der Waals surface area contributed by atoms with Gasteiger partial charge in [-0.3, -0.25) is 4.90 Å². The topological polar surface area (TPSA) is 71.6 Å². The van der Waals surface area contributed by atoms with Crippen LogP contribution in [0, 0.1) is 5.82 Å². The second-order valence-electron chi connectivity index (χ2n) is 7.99. The first-order valence-electron chi connectivity index (χ1n) is 10.5. The van der Waals surface area contributed by atoms with Gasteiger partial charge in [-0.15, -0.1) is 5.10 Å². The van der Waals surface area contributed by atoms with E-state index < -0.39 is 0 Å². The monoisotopic (exact) mass is 429 g/mol. The van der Waals surface area contributed by atoms with Gasteiger partial charge in [-0.05, 0) is 36.4 Å². The number of piperazine rings is 1. The van der Waals surface area contributed by atoms with Crippen molar-refractivity contribution in [2.24, 2.45) is 0 Å². The molecule has 0 aliphatic carbocycles. The van der Waals surface area contributed by atoms with Crippen molar-refractivity contribution in [2.75, 3.05) is 26.2 Å². The van der Waals surface area contributed by atoms with E-state index >= 15 is 0 Å². The molecular formula is C23H20FN7O. The van der Waals surface area contributed by atoms with Crippen LogP contribution < -0.4 is 0 Å². The number of carbonyl (C=O) groups is 1. The van der Waals surface area contributed by atoms with Crippen molar-refractivity contribution in [1.29, 1.82) is 0 Å². The summed E-state index contributed by atoms with van der Waals surface area (Å²) in [6.45, 7) is 3.25. The number of para-hydroxylation sites is 1. The minimum Gasteiger partial charge on any atom is -0.320 e. The zero-order valence-corrected chi connectivity index (χ0v) is 17.2. The molecule has 1 aliphatic heterocycles. The molecule has 0 spiro atoms. The predicted molar refractivity (Wildman–Crippen MR) is 118 cm³/mol. The molecule has 0 bridgehead atoms. The number of aromatic nitrogens is 5. The molecule has 0 N–H and O–H groups in total. The first kappa shape index (κ1) is 18.9. The zero-order chi connectivity index (χ0) is 21.7. The summed E-state index contributed by atoms with van der Waals surface area (Å²) in [5.74, 6) is -0.296. The highest BCUT2D eigenvalue weighted by atomic mass is 19.1. The first-order chi connectivity index (χ1) is 15.7. The summed E-state index contributed by atoms with van der Waals surface area (Å²) in [7, 11) is 0. The van der Waals surface area contributed by atoms with Crippen LogP contribution in [0.25, 0.3) is 27.6 Å². The molecule has 1 fully saturated rings. The Morgan fingerprint density at radius 2 is 1.72 bits per heavy atom. The van der Waals surface area contributed by atoms with Gasteiger partial charge < -0.3 is 9.30 Å². The highest BCUT2D eigenvalue weighted by molar-refractivity contribution is 5.87. The van der Waals surface area contributed by atoms with Gasteiger partial charge in [0.15, 0.2) is 0 Å². The van der Waals surface area contributed by atoms with E-state index in [1.165, 1.54) is 16.8 Å². The first-order valence-corrected chi connectivity index (χ1v) is 10.5. The van der Waals surface area contributed by atoms with Gasteiger partial charge in [0.2, 0.25) is 0 Å². The van der Waals surface area contributed by atoms with Crippen molar-refractivity contribution < 1.29 is 9.18 Å². The Morgan fingerprint density at radius 1 is 0.906 bits per heavy atom. The van der Waals surface area contributed by atoms with Crippen molar-refractivity contribution in [1.82, 2.24) is 34.2 Å². The molecule has 2 aromatic carbocycles. The number of amides is 1. The molecule has 5 aromatic rings. The van der Waals surface area contributed by atoms with Crippen molar-refractivity contribution >= 4 is 33.6 Å². The summed E-state index contributed by atoms with van der Waals surface area (Å²) in [5.41, 5.74) is 4.84. The average molecular weight is 429 g/mol. The van der Waals surface area contributed by atoms with Crippen molar-refractivity contribution in [3.8, 4) is 0 Å². The Hall–Kier alpha value is -3.85. The summed E-state index contributed by atoms with van der Waals surface area (Å²) >= 11 is 0. The maximum atomic E-state index is 13.8. The second kappa shape index (κ2) is 7.38. The third kappa shape index (κ3) is 3.09. The molecule has 0 atom stereocenters. The van der Waals surface area contributed by atoms with Gasteiger partial charge in [-0.2, -0.15) is 4.68 Å². The van der Waals surface area contributed by atoms with E-state index in [2.05, 4.69) is 15.2 Å². The van der Waals surface area contributed by atoms with Crippen LogP contribution in [0.1, 0.15) is 5.69 Å². The molecule has 0 saturated carbocycles. The molecule has 3 aromatic heterocycles. The van der Waals surface area contributed by atoms with Gasteiger partial charge in [0.1, 0.15) is 11.3 Å². The number of benzene rings is 2. The van der Waals surface area contributed by atoms with Crippen LogP contribution in [-0.4, -0.2) is 66.4 Å².